The van der Waals surface area contributed by atoms with E-state index in [4.69, 9.17) is 0 Å². The molecule has 0 aromatic rings. The Morgan fingerprint density at radius 3 is 2.50 bits per heavy atom. The van der Waals surface area contributed by atoms with Gasteiger partial charge in [-0.2, -0.15) is 22.0 Å². The minimum atomic E-state index is -4.16. The van der Waals surface area contributed by atoms with Crippen LogP contribution in [-0.2, 0) is 9.53 Å². The van der Waals surface area contributed by atoms with Crippen molar-refractivity contribution < 1.29 is 31.5 Å². The lowest BCUT2D eigenvalue weighted by atomic mass is 10.2. The molecule has 1 saturated heterocycles. The van der Waals surface area contributed by atoms with Crippen molar-refractivity contribution >= 4 is 5.97 Å². The maximum absolute atomic E-state index is 12.7. The van der Waals surface area contributed by atoms with Crippen LogP contribution >= 0.6 is 0 Å². The van der Waals surface area contributed by atoms with Gasteiger partial charge < -0.3 is 10.1 Å². The van der Waals surface area contributed by atoms with Crippen LogP contribution in [0.15, 0.2) is 0 Å². The number of rotatable bonds is 6. The Kier molecular flexibility index (Phi) is 4.89. The summed E-state index contributed by atoms with van der Waals surface area (Å²) in [6, 6.07) is 0. The molecule has 1 aliphatic heterocycles. The topological polar surface area (TPSA) is 38.3 Å². The lowest BCUT2D eigenvalue weighted by molar-refractivity contribution is -0.159. The van der Waals surface area contributed by atoms with Crippen molar-refractivity contribution in [3.63, 3.8) is 0 Å². The molecule has 0 spiro atoms. The maximum Gasteiger partial charge on any atom is 0.389 e. The molecule has 0 aromatic heterocycles. The molecule has 18 heavy (non-hydrogen) atoms. The monoisotopic (exact) mass is 275 g/mol. The molecule has 1 rings (SSSR count). The predicted octanol–water partition coefficient (Wildman–Crippen LogP) is 2.26. The summed E-state index contributed by atoms with van der Waals surface area (Å²) in [7, 11) is 0. The third-order valence-electron chi connectivity index (χ3n) is 2.49. The van der Waals surface area contributed by atoms with Gasteiger partial charge >= 0.3 is 18.1 Å². The Hall–Kier alpha value is -0.920. The number of halogens is 5. The quantitative estimate of drug-likeness (QED) is 0.459. The summed E-state index contributed by atoms with van der Waals surface area (Å²) in [4.78, 5) is 10.6. The molecule has 1 aliphatic rings. The zero-order valence-corrected chi connectivity index (χ0v) is 9.53. The number of hydrogen-bond acceptors (Lipinski definition) is 3. The van der Waals surface area contributed by atoms with Crippen LogP contribution in [0.3, 0.4) is 0 Å². The predicted molar refractivity (Wildman–Crippen MR) is 52.2 cm³/mol. The van der Waals surface area contributed by atoms with E-state index in [1.54, 1.807) is 0 Å². The van der Waals surface area contributed by atoms with Crippen LogP contribution in [0.25, 0.3) is 0 Å². The smallest absolute Gasteiger partial charge is 0.389 e. The van der Waals surface area contributed by atoms with Crippen LogP contribution in [0.2, 0.25) is 0 Å². The largest absolute Gasteiger partial charge is 0.456 e. The first-order chi connectivity index (χ1) is 8.21. The van der Waals surface area contributed by atoms with Gasteiger partial charge in [-0.3, -0.25) is 0 Å². The first-order valence-corrected chi connectivity index (χ1v) is 5.57. The summed E-state index contributed by atoms with van der Waals surface area (Å²) in [5.41, 5.74) is 0. The van der Waals surface area contributed by atoms with E-state index in [0.29, 0.717) is 0 Å². The van der Waals surface area contributed by atoms with Crippen LogP contribution in [0, 0.1) is 0 Å². The Morgan fingerprint density at radius 1 is 1.33 bits per heavy atom. The second kappa shape index (κ2) is 5.81. The molecule has 0 bridgehead atoms. The van der Waals surface area contributed by atoms with Gasteiger partial charge in [0.05, 0.1) is 6.42 Å². The molecule has 0 saturated carbocycles. The van der Waals surface area contributed by atoms with E-state index in [9.17, 15) is 26.7 Å². The lowest BCUT2D eigenvalue weighted by Crippen LogP contribution is -2.28. The number of unbranched alkanes of at least 4 members (excludes halogenated alkanes) is 1. The average molecular weight is 275 g/mol. The molecular formula is C10H14F5NO2. The number of carbonyl (C=O) groups excluding carboxylic acids is 1. The Labute approximate surface area is 101 Å². The van der Waals surface area contributed by atoms with Crippen LogP contribution in [0.5, 0.6) is 0 Å². The van der Waals surface area contributed by atoms with Crippen molar-refractivity contribution in [1.29, 1.82) is 0 Å². The molecule has 1 N–H and O–H groups in total. The van der Waals surface area contributed by atoms with E-state index in [1.807, 2.05) is 0 Å². The van der Waals surface area contributed by atoms with Crippen LogP contribution < -0.4 is 5.32 Å². The van der Waals surface area contributed by atoms with Gasteiger partial charge in [-0.1, -0.05) is 0 Å². The third kappa shape index (κ3) is 5.16. The minimum absolute atomic E-state index is 0.0168. The van der Waals surface area contributed by atoms with E-state index in [0.717, 1.165) is 0 Å². The fourth-order valence-corrected chi connectivity index (χ4v) is 1.60. The highest BCUT2D eigenvalue weighted by Gasteiger charge is 2.50. The average Bonchev–Trinajstić information content (AvgIpc) is 2.45. The van der Waals surface area contributed by atoms with Gasteiger partial charge in [-0.25, -0.2) is 4.79 Å². The summed E-state index contributed by atoms with van der Waals surface area (Å²) in [6.07, 6.45) is -6.33. The molecule has 0 amide bonds. The summed E-state index contributed by atoms with van der Waals surface area (Å²) in [6.45, 7) is 0.309. The van der Waals surface area contributed by atoms with Crippen LogP contribution in [0.4, 0.5) is 22.0 Å². The number of nitrogens with one attached hydrogen (secondary N) is 1. The normalized spacial score (nSPS) is 23.2. The Morgan fingerprint density at radius 2 is 2.00 bits per heavy atom. The van der Waals surface area contributed by atoms with Gasteiger partial charge in [0.1, 0.15) is 6.10 Å². The molecular weight excluding hydrogens is 261 g/mol. The molecule has 1 fully saturated rings. The molecule has 0 aromatic carbocycles. The summed E-state index contributed by atoms with van der Waals surface area (Å²) in [5, 5.41) is 2.69. The van der Waals surface area contributed by atoms with Crippen molar-refractivity contribution in [1.82, 2.24) is 5.32 Å². The Bertz CT molecular complexity index is 292. The number of esters is 1. The molecule has 1 unspecified atom stereocenters. The number of hydrogen-bond donors (Lipinski definition) is 1. The minimum Gasteiger partial charge on any atom is -0.456 e. The number of cyclic esters (lactones) is 1. The third-order valence-corrected chi connectivity index (χ3v) is 2.49. The lowest BCUT2D eigenvalue weighted by Gasteiger charge is -2.10. The Balaban J connectivity index is 2.05. The fourth-order valence-electron chi connectivity index (χ4n) is 1.60. The summed E-state index contributed by atoms with van der Waals surface area (Å²) < 4.78 is 65.2. The second-order valence-corrected chi connectivity index (χ2v) is 4.21. The highest BCUT2D eigenvalue weighted by Crippen LogP contribution is 2.30. The SMILES string of the molecule is O=C1OC(CNCCCCC(F)(F)F)CC1(F)F. The number of ether oxygens (including phenoxy) is 1. The molecule has 1 atom stereocenters. The van der Waals surface area contributed by atoms with Gasteiger partial charge in [-0.05, 0) is 19.4 Å². The maximum atomic E-state index is 12.7. The number of alkyl halides is 5. The van der Waals surface area contributed by atoms with E-state index >= 15 is 0 Å². The second-order valence-electron chi connectivity index (χ2n) is 4.21. The van der Waals surface area contributed by atoms with E-state index < -0.39 is 37.0 Å². The summed E-state index contributed by atoms with van der Waals surface area (Å²) in [5.74, 6) is -4.98. The van der Waals surface area contributed by atoms with E-state index in [2.05, 4.69) is 10.1 Å². The van der Waals surface area contributed by atoms with Crippen molar-refractivity contribution in [3.8, 4) is 0 Å². The van der Waals surface area contributed by atoms with Gasteiger partial charge in [0.15, 0.2) is 0 Å². The first-order valence-electron chi connectivity index (χ1n) is 5.57. The van der Waals surface area contributed by atoms with Crippen LogP contribution in [-0.4, -0.2) is 37.3 Å². The molecule has 106 valence electrons. The number of carbonyl (C=O) groups is 1. The summed E-state index contributed by atoms with van der Waals surface area (Å²) >= 11 is 0. The van der Waals surface area contributed by atoms with Crippen molar-refractivity contribution in [3.05, 3.63) is 0 Å². The van der Waals surface area contributed by atoms with E-state index in [-0.39, 0.29) is 25.9 Å². The molecule has 1 heterocycles. The van der Waals surface area contributed by atoms with Gasteiger partial charge in [0.2, 0.25) is 0 Å². The molecule has 0 aliphatic carbocycles. The van der Waals surface area contributed by atoms with Crippen molar-refractivity contribution in [2.24, 2.45) is 0 Å². The van der Waals surface area contributed by atoms with Crippen molar-refractivity contribution in [2.75, 3.05) is 13.1 Å². The first kappa shape index (κ1) is 15.1. The van der Waals surface area contributed by atoms with Gasteiger partial charge in [0.25, 0.3) is 0 Å². The zero-order valence-electron chi connectivity index (χ0n) is 9.53. The highest BCUT2D eigenvalue weighted by atomic mass is 19.4. The highest BCUT2D eigenvalue weighted by molar-refractivity contribution is 5.79. The fraction of sp³-hybridized carbons (Fsp3) is 0.900. The van der Waals surface area contributed by atoms with Gasteiger partial charge in [-0.15, -0.1) is 0 Å². The molecule has 0 radical (unpaired) electrons. The zero-order chi connectivity index (χ0) is 13.8. The molecule has 8 heteroatoms. The standard InChI is InChI=1S/C10H14F5NO2/c11-9(12)5-7(18-8(9)17)6-16-4-2-1-3-10(13,14)15/h7,16H,1-6H2. The van der Waals surface area contributed by atoms with E-state index in [1.165, 1.54) is 0 Å². The van der Waals surface area contributed by atoms with Crippen LogP contribution in [0.1, 0.15) is 25.7 Å². The van der Waals surface area contributed by atoms with Gasteiger partial charge in [0, 0.05) is 13.0 Å². The van der Waals surface area contributed by atoms with Crippen molar-refractivity contribution in [2.45, 2.75) is 43.9 Å². The molecule has 3 nitrogen and oxygen atoms in total.